The molecule has 3 rings (SSSR count). The van der Waals surface area contributed by atoms with E-state index in [1.54, 1.807) is 0 Å². The summed E-state index contributed by atoms with van der Waals surface area (Å²) in [6.07, 6.45) is 5.29. The largest absolute Gasteiger partial charge is 0.338 e. The molecule has 0 spiro atoms. The summed E-state index contributed by atoms with van der Waals surface area (Å²) in [7, 11) is 4.08. The SMILES string of the molecule is C[NH+](C)CCN1C(=O)C2C3C=CC(C3)C2C1=O. The van der Waals surface area contributed by atoms with E-state index in [-0.39, 0.29) is 23.7 Å². The second-order valence-electron chi connectivity index (χ2n) is 5.79. The Kier molecular flexibility index (Phi) is 2.36. The summed E-state index contributed by atoms with van der Waals surface area (Å²) in [5, 5.41) is 0. The van der Waals surface area contributed by atoms with Crippen molar-refractivity contribution in [2.75, 3.05) is 27.2 Å². The minimum Gasteiger partial charge on any atom is -0.338 e. The Hall–Kier alpha value is -1.16. The van der Waals surface area contributed by atoms with Crippen molar-refractivity contribution < 1.29 is 14.5 Å². The fraction of sp³-hybridized carbons (Fsp3) is 0.692. The average Bonchev–Trinajstić information content (AvgIpc) is 2.92. The van der Waals surface area contributed by atoms with E-state index in [9.17, 15) is 9.59 Å². The Bertz CT molecular complexity index is 372. The molecule has 0 aromatic rings. The fourth-order valence-electron chi connectivity index (χ4n) is 3.52. The summed E-state index contributed by atoms with van der Waals surface area (Å²) in [6.45, 7) is 1.41. The standard InChI is InChI=1S/C13H18N2O2/c1-14(2)5-6-15-12(16)10-8-3-4-9(7-8)11(10)13(15)17/h3-4,8-11H,5-7H2,1-2H3/p+1. The van der Waals surface area contributed by atoms with E-state index in [2.05, 4.69) is 12.2 Å². The lowest BCUT2D eigenvalue weighted by atomic mass is 9.85. The molecule has 2 amide bonds. The van der Waals surface area contributed by atoms with Gasteiger partial charge < -0.3 is 4.90 Å². The molecule has 1 heterocycles. The molecular formula is C13H19N2O2+. The van der Waals surface area contributed by atoms with Crippen molar-refractivity contribution in [3.05, 3.63) is 12.2 Å². The molecule has 4 nitrogen and oxygen atoms in total. The number of hydrogen-bond acceptors (Lipinski definition) is 2. The Morgan fingerprint density at radius 3 is 2.18 bits per heavy atom. The van der Waals surface area contributed by atoms with Gasteiger partial charge in [0.1, 0.15) is 0 Å². The number of nitrogens with one attached hydrogen (secondary N) is 1. The van der Waals surface area contributed by atoms with Crippen LogP contribution in [0.3, 0.4) is 0 Å². The molecule has 3 aliphatic rings. The van der Waals surface area contributed by atoms with Crippen molar-refractivity contribution in [2.45, 2.75) is 6.42 Å². The summed E-state index contributed by atoms with van der Waals surface area (Å²) >= 11 is 0. The van der Waals surface area contributed by atoms with Gasteiger partial charge in [-0.2, -0.15) is 0 Å². The molecule has 1 aliphatic heterocycles. The normalized spacial score (nSPS) is 38.6. The lowest BCUT2D eigenvalue weighted by molar-refractivity contribution is -0.857. The second-order valence-corrected chi connectivity index (χ2v) is 5.79. The molecule has 2 bridgehead atoms. The summed E-state index contributed by atoms with van der Waals surface area (Å²) < 4.78 is 0. The van der Waals surface area contributed by atoms with Crippen LogP contribution in [0.4, 0.5) is 0 Å². The summed E-state index contributed by atoms with van der Waals surface area (Å²) in [5.41, 5.74) is 0. The molecule has 0 aromatic carbocycles. The van der Waals surface area contributed by atoms with E-state index >= 15 is 0 Å². The van der Waals surface area contributed by atoms with Crippen LogP contribution in [0.5, 0.6) is 0 Å². The predicted octanol–water partition coefficient (Wildman–Crippen LogP) is -1.06. The van der Waals surface area contributed by atoms with Gasteiger partial charge in [0, 0.05) is 0 Å². The number of fused-ring (bicyclic) bond motifs is 5. The zero-order valence-electron chi connectivity index (χ0n) is 10.3. The molecule has 0 radical (unpaired) electrons. The molecule has 2 aliphatic carbocycles. The molecular weight excluding hydrogens is 216 g/mol. The number of hydrogen-bond donors (Lipinski definition) is 1. The summed E-state index contributed by atoms with van der Waals surface area (Å²) in [5.74, 6) is 0.761. The maximum atomic E-state index is 12.3. The van der Waals surface area contributed by atoms with Crippen LogP contribution in [-0.2, 0) is 9.59 Å². The fourth-order valence-corrected chi connectivity index (χ4v) is 3.52. The first-order valence-electron chi connectivity index (χ1n) is 6.42. The molecule has 1 saturated carbocycles. The highest BCUT2D eigenvalue weighted by molar-refractivity contribution is 6.06. The van der Waals surface area contributed by atoms with Crippen LogP contribution in [-0.4, -0.2) is 43.9 Å². The number of amides is 2. The van der Waals surface area contributed by atoms with Gasteiger partial charge in [-0.25, -0.2) is 0 Å². The van der Waals surface area contributed by atoms with Gasteiger partial charge in [0.05, 0.1) is 39.0 Å². The van der Waals surface area contributed by atoms with Crippen LogP contribution in [0.25, 0.3) is 0 Å². The van der Waals surface area contributed by atoms with Gasteiger partial charge in [0.25, 0.3) is 0 Å². The number of rotatable bonds is 3. The zero-order valence-corrected chi connectivity index (χ0v) is 10.3. The van der Waals surface area contributed by atoms with Crippen molar-refractivity contribution in [1.82, 2.24) is 4.90 Å². The number of likely N-dealkylation sites (tertiary alicyclic amines) is 1. The predicted molar refractivity (Wildman–Crippen MR) is 62.1 cm³/mol. The number of nitrogens with zero attached hydrogens (tertiary/aromatic N) is 1. The highest BCUT2D eigenvalue weighted by Crippen LogP contribution is 2.52. The van der Waals surface area contributed by atoms with Crippen molar-refractivity contribution in [3.8, 4) is 0 Å². The zero-order chi connectivity index (χ0) is 12.2. The first kappa shape index (κ1) is 11.0. The van der Waals surface area contributed by atoms with Gasteiger partial charge in [-0.1, -0.05) is 12.2 Å². The van der Waals surface area contributed by atoms with E-state index < -0.39 is 0 Å². The van der Waals surface area contributed by atoms with Gasteiger partial charge in [-0.05, 0) is 18.3 Å². The van der Waals surface area contributed by atoms with Gasteiger partial charge in [-0.15, -0.1) is 0 Å². The van der Waals surface area contributed by atoms with E-state index in [1.807, 2.05) is 14.1 Å². The first-order chi connectivity index (χ1) is 8.09. The number of carbonyl (C=O) groups excluding carboxylic acids is 2. The summed E-state index contributed by atoms with van der Waals surface area (Å²) in [4.78, 5) is 27.3. The van der Waals surface area contributed by atoms with Gasteiger partial charge in [0.15, 0.2) is 0 Å². The van der Waals surface area contributed by atoms with E-state index in [0.29, 0.717) is 18.4 Å². The molecule has 1 N–H and O–H groups in total. The number of likely N-dealkylation sites (N-methyl/N-ethyl adjacent to an activating group) is 1. The maximum Gasteiger partial charge on any atom is 0.233 e. The third kappa shape index (κ3) is 1.47. The molecule has 2 fully saturated rings. The van der Waals surface area contributed by atoms with Gasteiger partial charge in [-0.3, -0.25) is 14.5 Å². The Balaban J connectivity index is 1.78. The van der Waals surface area contributed by atoms with E-state index in [4.69, 9.17) is 0 Å². The van der Waals surface area contributed by atoms with Gasteiger partial charge >= 0.3 is 0 Å². The number of allylic oxidation sites excluding steroid dienone is 2. The van der Waals surface area contributed by atoms with Crippen LogP contribution in [0, 0.1) is 23.7 Å². The molecule has 4 heteroatoms. The van der Waals surface area contributed by atoms with Crippen LogP contribution < -0.4 is 4.90 Å². The van der Waals surface area contributed by atoms with E-state index in [1.165, 1.54) is 9.80 Å². The third-order valence-corrected chi connectivity index (χ3v) is 4.40. The molecule has 4 unspecified atom stereocenters. The van der Waals surface area contributed by atoms with Crippen LogP contribution >= 0.6 is 0 Å². The Morgan fingerprint density at radius 2 is 1.71 bits per heavy atom. The number of quaternary nitrogens is 1. The molecule has 1 saturated heterocycles. The highest BCUT2D eigenvalue weighted by Gasteiger charge is 2.59. The highest BCUT2D eigenvalue weighted by atomic mass is 16.2. The van der Waals surface area contributed by atoms with Crippen molar-refractivity contribution in [1.29, 1.82) is 0 Å². The Labute approximate surface area is 101 Å². The first-order valence-corrected chi connectivity index (χ1v) is 6.42. The lowest BCUT2D eigenvalue weighted by Gasteiger charge is -2.17. The van der Waals surface area contributed by atoms with E-state index in [0.717, 1.165) is 13.0 Å². The minimum absolute atomic E-state index is 0.0327. The van der Waals surface area contributed by atoms with Gasteiger partial charge in [0.2, 0.25) is 11.8 Å². The summed E-state index contributed by atoms with van der Waals surface area (Å²) in [6, 6.07) is 0. The molecule has 4 atom stereocenters. The Morgan fingerprint density at radius 1 is 1.18 bits per heavy atom. The topological polar surface area (TPSA) is 41.8 Å². The minimum atomic E-state index is -0.0327. The molecule has 0 aromatic heterocycles. The van der Waals surface area contributed by atoms with Crippen molar-refractivity contribution in [2.24, 2.45) is 23.7 Å². The maximum absolute atomic E-state index is 12.3. The quantitative estimate of drug-likeness (QED) is 0.500. The number of imide groups is 1. The lowest BCUT2D eigenvalue weighted by Crippen LogP contribution is -3.06. The van der Waals surface area contributed by atoms with Crippen LogP contribution in [0.2, 0.25) is 0 Å². The smallest absolute Gasteiger partial charge is 0.233 e. The molecule has 92 valence electrons. The molecule has 17 heavy (non-hydrogen) atoms. The van der Waals surface area contributed by atoms with Crippen molar-refractivity contribution in [3.63, 3.8) is 0 Å². The average molecular weight is 235 g/mol. The van der Waals surface area contributed by atoms with Crippen LogP contribution in [0.15, 0.2) is 12.2 Å². The third-order valence-electron chi connectivity index (χ3n) is 4.40. The van der Waals surface area contributed by atoms with Crippen molar-refractivity contribution >= 4 is 11.8 Å². The monoisotopic (exact) mass is 235 g/mol. The number of carbonyl (C=O) groups is 2. The second kappa shape index (κ2) is 3.67. The van der Waals surface area contributed by atoms with Crippen LogP contribution in [0.1, 0.15) is 6.42 Å².